The van der Waals surface area contributed by atoms with Crippen molar-refractivity contribution in [3.63, 3.8) is 0 Å². The van der Waals surface area contributed by atoms with Crippen molar-refractivity contribution in [2.45, 2.75) is 25.8 Å². The Hall–Kier alpha value is -2.57. The molecule has 1 aliphatic rings. The number of likely N-dealkylation sites (tertiary alicyclic amines) is 1. The van der Waals surface area contributed by atoms with Crippen molar-refractivity contribution >= 4 is 40.7 Å². The van der Waals surface area contributed by atoms with Gasteiger partial charge in [-0.25, -0.2) is 0 Å². The standard InChI is InChI=1S/C21H20Cl2N2O4/c1-3-4-9-25-17(12-5-7-24-8-6-12)16(19(27)21(25)28)18(26)14-10-13(22)11-15(23)20(14)29-2/h5-8,10-11,17,26H,3-4,9H2,1-2H3/b18-16+. The van der Waals surface area contributed by atoms with Gasteiger partial charge in [-0.3, -0.25) is 14.6 Å². The van der Waals surface area contributed by atoms with E-state index in [2.05, 4.69) is 4.98 Å². The van der Waals surface area contributed by atoms with Crippen LogP contribution in [0.4, 0.5) is 0 Å². The Balaban J connectivity index is 2.24. The second kappa shape index (κ2) is 8.84. The fourth-order valence-corrected chi connectivity index (χ4v) is 3.99. The van der Waals surface area contributed by atoms with E-state index in [9.17, 15) is 14.7 Å². The minimum absolute atomic E-state index is 0.0334. The lowest BCUT2D eigenvalue weighted by Gasteiger charge is -2.25. The number of carbonyl (C=O) groups is 2. The summed E-state index contributed by atoms with van der Waals surface area (Å²) in [6.07, 6.45) is 4.73. The van der Waals surface area contributed by atoms with Gasteiger partial charge in [-0.05, 0) is 36.2 Å². The number of aliphatic hydroxyl groups excluding tert-OH is 1. The van der Waals surface area contributed by atoms with E-state index >= 15 is 0 Å². The number of nitrogens with zero attached hydrogens (tertiary/aromatic N) is 2. The SMILES string of the molecule is CCCCN1C(=O)C(=O)/C(=C(/O)c2cc(Cl)cc(Cl)c2OC)C1c1ccncc1. The Morgan fingerprint density at radius 3 is 2.55 bits per heavy atom. The van der Waals surface area contributed by atoms with Gasteiger partial charge < -0.3 is 14.7 Å². The van der Waals surface area contributed by atoms with Crippen molar-refractivity contribution < 1.29 is 19.4 Å². The van der Waals surface area contributed by atoms with E-state index in [1.807, 2.05) is 6.92 Å². The maximum Gasteiger partial charge on any atom is 0.295 e. The van der Waals surface area contributed by atoms with Crippen LogP contribution < -0.4 is 4.74 Å². The van der Waals surface area contributed by atoms with Crippen molar-refractivity contribution in [3.05, 3.63) is 63.4 Å². The summed E-state index contributed by atoms with van der Waals surface area (Å²) in [6, 6.07) is 5.60. The number of aliphatic hydroxyl groups is 1. The Kier molecular flexibility index (Phi) is 6.45. The molecular formula is C21H20Cl2N2O4. The lowest BCUT2D eigenvalue weighted by Crippen LogP contribution is -2.30. The molecule has 0 aliphatic carbocycles. The second-order valence-electron chi connectivity index (χ2n) is 6.60. The summed E-state index contributed by atoms with van der Waals surface area (Å²) in [4.78, 5) is 31.2. The van der Waals surface area contributed by atoms with E-state index in [4.69, 9.17) is 27.9 Å². The van der Waals surface area contributed by atoms with Crippen molar-refractivity contribution in [2.24, 2.45) is 0 Å². The van der Waals surface area contributed by atoms with Crippen LogP contribution in [-0.2, 0) is 9.59 Å². The molecule has 1 saturated heterocycles. The maximum absolute atomic E-state index is 12.9. The van der Waals surface area contributed by atoms with Gasteiger partial charge in [0.15, 0.2) is 0 Å². The van der Waals surface area contributed by atoms with E-state index < -0.39 is 17.7 Å². The highest BCUT2D eigenvalue weighted by Crippen LogP contribution is 2.43. The largest absolute Gasteiger partial charge is 0.507 e. The molecule has 0 saturated carbocycles. The number of carbonyl (C=O) groups excluding carboxylic acids is 2. The van der Waals surface area contributed by atoms with Crippen molar-refractivity contribution in [3.8, 4) is 5.75 Å². The summed E-state index contributed by atoms with van der Waals surface area (Å²) >= 11 is 12.3. The lowest BCUT2D eigenvalue weighted by atomic mass is 9.95. The number of pyridine rings is 1. The van der Waals surface area contributed by atoms with Gasteiger partial charge in [-0.2, -0.15) is 0 Å². The quantitative estimate of drug-likeness (QED) is 0.407. The summed E-state index contributed by atoms with van der Waals surface area (Å²) in [5.74, 6) is -1.64. The molecule has 1 atom stereocenters. The molecule has 3 rings (SSSR count). The third-order valence-electron chi connectivity index (χ3n) is 4.78. The molecule has 2 heterocycles. The number of methoxy groups -OCH3 is 1. The fourth-order valence-electron chi connectivity index (χ4n) is 3.42. The molecule has 1 aliphatic heterocycles. The number of aromatic nitrogens is 1. The van der Waals surface area contributed by atoms with Gasteiger partial charge in [0.1, 0.15) is 11.5 Å². The van der Waals surface area contributed by atoms with Crippen molar-refractivity contribution in [1.29, 1.82) is 0 Å². The average molecular weight is 435 g/mol. The van der Waals surface area contributed by atoms with Crippen molar-refractivity contribution in [2.75, 3.05) is 13.7 Å². The molecule has 8 heteroatoms. The summed E-state index contributed by atoms with van der Waals surface area (Å²) in [7, 11) is 1.39. The first-order valence-corrected chi connectivity index (χ1v) is 9.88. The Morgan fingerprint density at radius 2 is 1.93 bits per heavy atom. The zero-order valence-electron chi connectivity index (χ0n) is 16.0. The van der Waals surface area contributed by atoms with Crippen LogP contribution in [0.1, 0.15) is 36.9 Å². The van der Waals surface area contributed by atoms with E-state index in [0.717, 1.165) is 12.8 Å². The first-order valence-electron chi connectivity index (χ1n) is 9.12. The molecule has 29 heavy (non-hydrogen) atoms. The van der Waals surface area contributed by atoms with Crippen LogP contribution >= 0.6 is 23.2 Å². The highest BCUT2D eigenvalue weighted by molar-refractivity contribution is 6.46. The van der Waals surface area contributed by atoms with Crippen LogP contribution in [0.15, 0.2) is 42.2 Å². The molecule has 0 spiro atoms. The first-order chi connectivity index (χ1) is 13.9. The van der Waals surface area contributed by atoms with Gasteiger partial charge in [-0.15, -0.1) is 0 Å². The predicted molar refractivity (Wildman–Crippen MR) is 111 cm³/mol. The number of hydrogen-bond acceptors (Lipinski definition) is 5. The molecular weight excluding hydrogens is 415 g/mol. The van der Waals surface area contributed by atoms with Gasteiger partial charge in [0, 0.05) is 24.0 Å². The minimum Gasteiger partial charge on any atom is -0.507 e. The molecule has 1 aromatic heterocycles. The maximum atomic E-state index is 12.9. The van der Waals surface area contributed by atoms with E-state index in [0.29, 0.717) is 12.1 Å². The Labute approximate surface area is 178 Å². The Bertz CT molecular complexity index is 976. The van der Waals surface area contributed by atoms with Crippen LogP contribution in [-0.4, -0.2) is 40.3 Å². The van der Waals surface area contributed by atoms with Gasteiger partial charge >= 0.3 is 0 Å². The van der Waals surface area contributed by atoms with Crippen LogP contribution in [0.3, 0.4) is 0 Å². The normalized spacial score (nSPS) is 18.3. The molecule has 1 fully saturated rings. The summed E-state index contributed by atoms with van der Waals surface area (Å²) in [6.45, 7) is 2.38. The highest BCUT2D eigenvalue weighted by Gasteiger charge is 2.46. The number of halogens is 2. The molecule has 2 aromatic rings. The molecule has 1 N–H and O–H groups in total. The van der Waals surface area contributed by atoms with E-state index in [1.165, 1.54) is 24.1 Å². The molecule has 1 aromatic carbocycles. The van der Waals surface area contributed by atoms with Crippen LogP contribution in [0.25, 0.3) is 5.76 Å². The van der Waals surface area contributed by atoms with Crippen LogP contribution in [0, 0.1) is 0 Å². The molecule has 0 radical (unpaired) electrons. The zero-order chi connectivity index (χ0) is 21.1. The molecule has 1 unspecified atom stereocenters. The number of ketones is 1. The number of ether oxygens (including phenoxy) is 1. The Morgan fingerprint density at radius 1 is 1.24 bits per heavy atom. The molecule has 1 amide bonds. The summed E-state index contributed by atoms with van der Waals surface area (Å²) < 4.78 is 5.30. The third kappa shape index (κ3) is 3.95. The summed E-state index contributed by atoms with van der Waals surface area (Å²) in [5, 5.41) is 11.6. The average Bonchev–Trinajstić information content (AvgIpc) is 2.96. The monoisotopic (exact) mass is 434 g/mol. The number of amides is 1. The second-order valence-corrected chi connectivity index (χ2v) is 7.44. The van der Waals surface area contributed by atoms with Gasteiger partial charge in [-0.1, -0.05) is 36.5 Å². The van der Waals surface area contributed by atoms with Crippen LogP contribution in [0.5, 0.6) is 5.75 Å². The molecule has 6 nitrogen and oxygen atoms in total. The lowest BCUT2D eigenvalue weighted by molar-refractivity contribution is -0.139. The summed E-state index contributed by atoms with van der Waals surface area (Å²) in [5.41, 5.74) is 0.787. The topological polar surface area (TPSA) is 79.7 Å². The van der Waals surface area contributed by atoms with Gasteiger partial charge in [0.05, 0.1) is 29.3 Å². The van der Waals surface area contributed by atoms with E-state index in [-0.39, 0.29) is 32.7 Å². The third-order valence-corrected chi connectivity index (χ3v) is 5.28. The number of benzene rings is 1. The van der Waals surface area contributed by atoms with Gasteiger partial charge in [0.2, 0.25) is 0 Å². The molecule has 152 valence electrons. The smallest absolute Gasteiger partial charge is 0.295 e. The molecule has 0 bridgehead atoms. The fraction of sp³-hybridized carbons (Fsp3) is 0.286. The number of unbranched alkanes of at least 4 members (excludes halogenated alkanes) is 1. The van der Waals surface area contributed by atoms with Crippen LogP contribution in [0.2, 0.25) is 10.0 Å². The first kappa shape index (κ1) is 21.1. The number of Topliss-reactive ketones (excluding diaryl/α,β-unsaturated/α-hetero) is 1. The number of hydrogen-bond donors (Lipinski definition) is 1. The predicted octanol–water partition coefficient (Wildman–Crippen LogP) is 4.62. The zero-order valence-corrected chi connectivity index (χ0v) is 17.5. The van der Waals surface area contributed by atoms with Gasteiger partial charge in [0.25, 0.3) is 11.7 Å². The minimum atomic E-state index is -0.765. The highest BCUT2D eigenvalue weighted by atomic mass is 35.5. The van der Waals surface area contributed by atoms with E-state index in [1.54, 1.807) is 24.5 Å². The van der Waals surface area contributed by atoms with Crippen molar-refractivity contribution in [1.82, 2.24) is 9.88 Å². The number of rotatable bonds is 6.